The lowest BCUT2D eigenvalue weighted by Crippen LogP contribution is -3.15. The van der Waals surface area contributed by atoms with Crippen LogP contribution in [0.25, 0.3) is 6.08 Å². The Balaban J connectivity index is 1.48. The van der Waals surface area contributed by atoms with E-state index < -0.39 is 0 Å². The third-order valence-corrected chi connectivity index (χ3v) is 5.96. The lowest BCUT2D eigenvalue weighted by Gasteiger charge is -2.31. The van der Waals surface area contributed by atoms with Gasteiger partial charge in [0, 0.05) is 16.8 Å². The molecule has 1 saturated heterocycles. The molecule has 0 aromatic heterocycles. The lowest BCUT2D eigenvalue weighted by molar-refractivity contribution is -0.895. The first-order valence-electron chi connectivity index (χ1n) is 10.3. The molecule has 2 N–H and O–H groups in total. The number of hydrogen-bond acceptors (Lipinski definition) is 2. The number of nitrogens with zero attached hydrogens (tertiary/aromatic N) is 1. The first-order chi connectivity index (χ1) is 14.3. The molecule has 5 nitrogen and oxygen atoms in total. The molecule has 6 heteroatoms. The molecule has 1 heterocycles. The van der Waals surface area contributed by atoms with Crippen LogP contribution in [0.3, 0.4) is 0 Å². The maximum absolute atomic E-state index is 12.5. The van der Waals surface area contributed by atoms with E-state index in [0.29, 0.717) is 24.7 Å². The highest BCUT2D eigenvalue weighted by Gasteiger charge is 2.24. The van der Waals surface area contributed by atoms with E-state index in [2.05, 4.69) is 5.32 Å². The minimum absolute atomic E-state index is 0.00858. The second-order valence-corrected chi connectivity index (χ2v) is 8.32. The molecule has 1 aliphatic heterocycles. The van der Waals surface area contributed by atoms with Crippen LogP contribution in [0.15, 0.2) is 42.5 Å². The number of anilines is 1. The second-order valence-electron chi connectivity index (χ2n) is 7.91. The monoisotopic (exact) mass is 426 g/mol. The van der Waals surface area contributed by atoms with Gasteiger partial charge in [0.1, 0.15) is 0 Å². The first-order valence-corrected chi connectivity index (χ1v) is 10.6. The van der Waals surface area contributed by atoms with E-state index in [0.717, 1.165) is 41.0 Å². The van der Waals surface area contributed by atoms with Crippen LogP contribution in [0.5, 0.6) is 0 Å². The summed E-state index contributed by atoms with van der Waals surface area (Å²) >= 11 is 6.14. The molecule has 0 unspecified atom stereocenters. The molecule has 0 radical (unpaired) electrons. The van der Waals surface area contributed by atoms with Gasteiger partial charge in [0.15, 0.2) is 6.54 Å². The van der Waals surface area contributed by atoms with Gasteiger partial charge in [-0.2, -0.15) is 0 Å². The first kappa shape index (κ1) is 22.1. The summed E-state index contributed by atoms with van der Waals surface area (Å²) in [7, 11) is 0. The highest BCUT2D eigenvalue weighted by molar-refractivity contribution is 6.31. The molecular formula is C24H29ClN3O2+. The number of piperazine rings is 1. The molecule has 0 spiro atoms. The Bertz CT molecular complexity index is 943. The number of hydrogen-bond donors (Lipinski definition) is 2. The normalized spacial score (nSPS) is 14.9. The van der Waals surface area contributed by atoms with E-state index in [1.54, 1.807) is 12.2 Å². The van der Waals surface area contributed by atoms with E-state index in [1.807, 2.05) is 62.1 Å². The minimum Gasteiger partial charge on any atom is -0.328 e. The van der Waals surface area contributed by atoms with Crippen molar-refractivity contribution in [3.63, 3.8) is 0 Å². The van der Waals surface area contributed by atoms with Crippen molar-refractivity contribution in [2.45, 2.75) is 20.8 Å². The van der Waals surface area contributed by atoms with Crippen molar-refractivity contribution in [2.24, 2.45) is 0 Å². The van der Waals surface area contributed by atoms with Crippen LogP contribution < -0.4 is 10.2 Å². The Morgan fingerprint density at radius 1 is 1.07 bits per heavy atom. The summed E-state index contributed by atoms with van der Waals surface area (Å²) in [5, 5.41) is 3.74. The average Bonchev–Trinajstić information content (AvgIpc) is 2.72. The van der Waals surface area contributed by atoms with Gasteiger partial charge in [0.2, 0.25) is 5.91 Å². The van der Waals surface area contributed by atoms with E-state index in [-0.39, 0.29) is 11.8 Å². The highest BCUT2D eigenvalue weighted by Crippen LogP contribution is 2.19. The van der Waals surface area contributed by atoms with Crippen LogP contribution in [0.1, 0.15) is 22.3 Å². The van der Waals surface area contributed by atoms with Crippen LogP contribution in [0.2, 0.25) is 5.02 Å². The fraction of sp³-hybridized carbons (Fsp3) is 0.333. The van der Waals surface area contributed by atoms with Gasteiger partial charge in [0.25, 0.3) is 5.91 Å². The fourth-order valence-corrected chi connectivity index (χ4v) is 3.82. The van der Waals surface area contributed by atoms with Crippen LogP contribution in [0, 0.1) is 20.8 Å². The largest absolute Gasteiger partial charge is 0.328 e. The zero-order chi connectivity index (χ0) is 21.7. The van der Waals surface area contributed by atoms with Gasteiger partial charge in [-0.3, -0.25) is 9.59 Å². The maximum atomic E-state index is 12.5. The van der Waals surface area contributed by atoms with Crippen molar-refractivity contribution < 1.29 is 14.5 Å². The topological polar surface area (TPSA) is 53.9 Å². The fourth-order valence-electron chi connectivity index (χ4n) is 3.63. The smallest absolute Gasteiger partial charge is 0.279 e. The van der Waals surface area contributed by atoms with Gasteiger partial charge >= 0.3 is 0 Å². The van der Waals surface area contributed by atoms with Crippen molar-refractivity contribution in [2.75, 3.05) is 38.0 Å². The standard InChI is InChI=1S/C24H28ClN3O2/c1-17-7-8-20(15-21(17)25)9-10-23(30)28-13-11-27(12-14-28)16-22(29)26-24-18(2)5-4-6-19(24)3/h4-10,15H,11-14,16H2,1-3H3,(H,26,29)/p+1/b10-9+. The summed E-state index contributed by atoms with van der Waals surface area (Å²) in [5.74, 6) is 0.00376. The number of quaternary nitrogens is 1. The Morgan fingerprint density at radius 3 is 2.37 bits per heavy atom. The van der Waals surface area contributed by atoms with Gasteiger partial charge in [-0.1, -0.05) is 41.9 Å². The zero-order valence-electron chi connectivity index (χ0n) is 17.8. The summed E-state index contributed by atoms with van der Waals surface area (Å²) < 4.78 is 0. The predicted octanol–water partition coefficient (Wildman–Crippen LogP) is 2.64. The zero-order valence-corrected chi connectivity index (χ0v) is 18.6. The van der Waals surface area contributed by atoms with Crippen molar-refractivity contribution in [3.8, 4) is 0 Å². The van der Waals surface area contributed by atoms with E-state index in [4.69, 9.17) is 11.6 Å². The number of halogens is 1. The minimum atomic E-state index is -0.00858. The van der Waals surface area contributed by atoms with Crippen molar-refractivity contribution >= 4 is 35.2 Å². The third kappa shape index (κ3) is 5.71. The molecule has 0 saturated carbocycles. The van der Waals surface area contributed by atoms with Crippen molar-refractivity contribution in [1.82, 2.24) is 4.90 Å². The summed E-state index contributed by atoms with van der Waals surface area (Å²) in [6.45, 7) is 9.16. The summed E-state index contributed by atoms with van der Waals surface area (Å²) in [6, 6.07) is 11.7. The van der Waals surface area contributed by atoms with Gasteiger partial charge in [-0.05, 0) is 55.2 Å². The molecule has 2 aromatic carbocycles. The molecule has 2 amide bonds. The van der Waals surface area contributed by atoms with Crippen molar-refractivity contribution in [1.29, 1.82) is 0 Å². The van der Waals surface area contributed by atoms with Gasteiger partial charge < -0.3 is 15.1 Å². The molecule has 3 rings (SSSR count). The summed E-state index contributed by atoms with van der Waals surface area (Å²) in [4.78, 5) is 28.0. The number of nitrogens with one attached hydrogen (secondary N) is 2. The molecule has 158 valence electrons. The number of para-hydroxylation sites is 1. The predicted molar refractivity (Wildman–Crippen MR) is 122 cm³/mol. The van der Waals surface area contributed by atoms with Crippen molar-refractivity contribution in [3.05, 3.63) is 69.8 Å². The summed E-state index contributed by atoms with van der Waals surface area (Å²) in [6.07, 6.45) is 3.39. The molecule has 0 aliphatic carbocycles. The third-order valence-electron chi connectivity index (χ3n) is 5.55. The Hall–Kier alpha value is -2.63. The maximum Gasteiger partial charge on any atom is 0.279 e. The van der Waals surface area contributed by atoms with Crippen LogP contribution in [-0.2, 0) is 9.59 Å². The van der Waals surface area contributed by atoms with Gasteiger partial charge in [0.05, 0.1) is 26.2 Å². The number of rotatable bonds is 5. The Morgan fingerprint density at radius 2 is 1.73 bits per heavy atom. The lowest BCUT2D eigenvalue weighted by atomic mass is 10.1. The number of carbonyl (C=O) groups is 2. The molecule has 30 heavy (non-hydrogen) atoms. The molecule has 1 aliphatic rings. The van der Waals surface area contributed by atoms with Gasteiger partial charge in [-0.15, -0.1) is 0 Å². The Labute approximate surface area is 183 Å². The molecule has 2 aromatic rings. The number of benzene rings is 2. The molecule has 1 fully saturated rings. The molecule has 0 bridgehead atoms. The van der Waals surface area contributed by atoms with Gasteiger partial charge in [-0.25, -0.2) is 0 Å². The molecular weight excluding hydrogens is 398 g/mol. The van der Waals surface area contributed by atoms with Crippen LogP contribution in [0.4, 0.5) is 5.69 Å². The average molecular weight is 427 g/mol. The second kappa shape index (κ2) is 9.92. The number of carbonyl (C=O) groups excluding carboxylic acids is 2. The van der Waals surface area contributed by atoms with E-state index >= 15 is 0 Å². The number of aryl methyl sites for hydroxylation is 3. The molecule has 0 atom stereocenters. The van der Waals surface area contributed by atoms with Crippen LogP contribution >= 0.6 is 11.6 Å². The summed E-state index contributed by atoms with van der Waals surface area (Å²) in [5.41, 5.74) is 4.95. The van der Waals surface area contributed by atoms with Crippen LogP contribution in [-0.4, -0.2) is 49.4 Å². The SMILES string of the molecule is Cc1ccc(/C=C/C(=O)N2CC[NH+](CC(=O)Nc3c(C)cccc3C)CC2)cc1Cl. The van der Waals surface area contributed by atoms with E-state index in [9.17, 15) is 9.59 Å². The Kier molecular flexibility index (Phi) is 7.29. The quantitative estimate of drug-likeness (QED) is 0.722. The van der Waals surface area contributed by atoms with E-state index in [1.165, 1.54) is 4.90 Å². The number of amides is 2. The highest BCUT2D eigenvalue weighted by atomic mass is 35.5.